The molecular weight excluding hydrogens is 266 g/mol. The van der Waals surface area contributed by atoms with Gasteiger partial charge in [-0.15, -0.1) is 0 Å². The summed E-state index contributed by atoms with van der Waals surface area (Å²) in [5.41, 5.74) is 12.6. The number of primary amides is 1. The monoisotopic (exact) mass is 279 g/mol. The van der Waals surface area contributed by atoms with Crippen molar-refractivity contribution in [3.05, 3.63) is 60.2 Å². The van der Waals surface area contributed by atoms with Crippen molar-refractivity contribution >= 4 is 22.5 Å². The molecule has 1 aromatic heterocycles. The van der Waals surface area contributed by atoms with Gasteiger partial charge in [-0.2, -0.15) is 0 Å². The van der Waals surface area contributed by atoms with Gasteiger partial charge in [0.05, 0.1) is 11.2 Å². The lowest BCUT2D eigenvalue weighted by Gasteiger charge is -2.11. The van der Waals surface area contributed by atoms with E-state index in [9.17, 15) is 4.79 Å². The Labute approximate surface area is 121 Å². The first-order valence-electron chi connectivity index (χ1n) is 6.37. The molecule has 0 bridgehead atoms. The van der Waals surface area contributed by atoms with E-state index in [0.29, 0.717) is 17.0 Å². The van der Waals surface area contributed by atoms with E-state index in [1.54, 1.807) is 30.3 Å². The fourth-order valence-corrected chi connectivity index (χ4v) is 2.03. The van der Waals surface area contributed by atoms with E-state index in [-0.39, 0.29) is 11.4 Å². The largest absolute Gasteiger partial charge is 0.436 e. The van der Waals surface area contributed by atoms with Crippen molar-refractivity contribution in [3.8, 4) is 11.6 Å². The summed E-state index contributed by atoms with van der Waals surface area (Å²) in [7, 11) is 0. The SMILES string of the molecule is NC(=O)c1cc2ccccc2nc1Oc1ccccc1N. The molecule has 1 heterocycles. The molecule has 5 nitrogen and oxygen atoms in total. The predicted octanol–water partition coefficient (Wildman–Crippen LogP) is 2.71. The average Bonchev–Trinajstić information content (AvgIpc) is 2.48. The van der Waals surface area contributed by atoms with Gasteiger partial charge in [0, 0.05) is 5.39 Å². The number of pyridine rings is 1. The molecule has 5 heteroatoms. The number of carbonyl (C=O) groups is 1. The summed E-state index contributed by atoms with van der Waals surface area (Å²) in [6.45, 7) is 0. The number of benzene rings is 2. The highest BCUT2D eigenvalue weighted by Gasteiger charge is 2.14. The van der Waals surface area contributed by atoms with Gasteiger partial charge in [0.2, 0.25) is 5.88 Å². The van der Waals surface area contributed by atoms with Crippen LogP contribution in [0.3, 0.4) is 0 Å². The van der Waals surface area contributed by atoms with Crippen LogP contribution in [0.1, 0.15) is 10.4 Å². The zero-order valence-electron chi connectivity index (χ0n) is 11.1. The number of anilines is 1. The number of hydrogen-bond acceptors (Lipinski definition) is 4. The van der Waals surface area contributed by atoms with Crippen LogP contribution in [0.25, 0.3) is 10.9 Å². The molecule has 0 unspecified atom stereocenters. The Morgan fingerprint density at radius 3 is 2.52 bits per heavy atom. The first kappa shape index (κ1) is 12.9. The Bertz CT molecular complexity index is 831. The van der Waals surface area contributed by atoms with Gasteiger partial charge in [-0.3, -0.25) is 4.79 Å². The fraction of sp³-hybridized carbons (Fsp3) is 0. The van der Waals surface area contributed by atoms with Gasteiger partial charge in [0.1, 0.15) is 5.56 Å². The molecule has 2 aromatic carbocycles. The van der Waals surface area contributed by atoms with Crippen LogP contribution in [-0.4, -0.2) is 10.9 Å². The summed E-state index contributed by atoms with van der Waals surface area (Å²) in [6.07, 6.45) is 0. The first-order chi connectivity index (χ1) is 10.1. The van der Waals surface area contributed by atoms with Crippen molar-refractivity contribution < 1.29 is 9.53 Å². The molecule has 0 saturated heterocycles. The first-order valence-corrected chi connectivity index (χ1v) is 6.37. The molecule has 3 rings (SSSR count). The number of carbonyl (C=O) groups excluding carboxylic acids is 1. The lowest BCUT2D eigenvalue weighted by atomic mass is 10.1. The van der Waals surface area contributed by atoms with E-state index in [1.165, 1.54) is 0 Å². The summed E-state index contributed by atoms with van der Waals surface area (Å²) >= 11 is 0. The van der Waals surface area contributed by atoms with Crippen LogP contribution in [0.15, 0.2) is 54.6 Å². The number of ether oxygens (including phenoxy) is 1. The van der Waals surface area contributed by atoms with Crippen LogP contribution >= 0.6 is 0 Å². The molecule has 4 N–H and O–H groups in total. The lowest BCUT2D eigenvalue weighted by Crippen LogP contribution is -2.13. The molecule has 0 spiro atoms. The summed E-state index contributed by atoms with van der Waals surface area (Å²) in [5, 5.41) is 0.819. The second-order valence-electron chi connectivity index (χ2n) is 4.54. The Morgan fingerprint density at radius 1 is 1.05 bits per heavy atom. The molecule has 0 aliphatic rings. The second-order valence-corrected chi connectivity index (χ2v) is 4.54. The van der Waals surface area contributed by atoms with Crippen molar-refractivity contribution in [2.75, 3.05) is 5.73 Å². The van der Waals surface area contributed by atoms with Gasteiger partial charge in [-0.25, -0.2) is 4.98 Å². The quantitative estimate of drug-likeness (QED) is 0.721. The third-order valence-corrected chi connectivity index (χ3v) is 3.08. The highest BCUT2D eigenvalue weighted by atomic mass is 16.5. The van der Waals surface area contributed by atoms with Crippen LogP contribution in [0, 0.1) is 0 Å². The van der Waals surface area contributed by atoms with Gasteiger partial charge in [-0.05, 0) is 24.3 Å². The number of rotatable bonds is 3. The topological polar surface area (TPSA) is 91.2 Å². The van der Waals surface area contributed by atoms with Crippen molar-refractivity contribution in [1.29, 1.82) is 0 Å². The number of para-hydroxylation sites is 3. The van der Waals surface area contributed by atoms with Crippen LogP contribution in [0.5, 0.6) is 11.6 Å². The van der Waals surface area contributed by atoms with Crippen LogP contribution in [0.2, 0.25) is 0 Å². The Balaban J connectivity index is 2.14. The maximum absolute atomic E-state index is 11.6. The van der Waals surface area contributed by atoms with E-state index in [1.807, 2.05) is 24.3 Å². The number of nitrogens with zero attached hydrogens (tertiary/aromatic N) is 1. The van der Waals surface area contributed by atoms with E-state index in [4.69, 9.17) is 16.2 Å². The lowest BCUT2D eigenvalue weighted by molar-refractivity contribution is 0.0997. The van der Waals surface area contributed by atoms with Crippen LogP contribution in [0.4, 0.5) is 5.69 Å². The maximum Gasteiger partial charge on any atom is 0.254 e. The fourth-order valence-electron chi connectivity index (χ4n) is 2.03. The normalized spacial score (nSPS) is 10.5. The number of nitrogen functional groups attached to an aromatic ring is 1. The molecule has 21 heavy (non-hydrogen) atoms. The Morgan fingerprint density at radius 2 is 1.76 bits per heavy atom. The third-order valence-electron chi connectivity index (χ3n) is 3.08. The van der Waals surface area contributed by atoms with Gasteiger partial charge in [-0.1, -0.05) is 30.3 Å². The molecule has 0 fully saturated rings. The highest BCUT2D eigenvalue weighted by molar-refractivity contribution is 5.98. The zero-order chi connectivity index (χ0) is 14.8. The van der Waals surface area contributed by atoms with E-state index in [2.05, 4.69) is 4.98 Å². The Hall–Kier alpha value is -3.08. The third kappa shape index (κ3) is 2.49. The van der Waals surface area contributed by atoms with Crippen molar-refractivity contribution in [2.45, 2.75) is 0 Å². The molecule has 104 valence electrons. The van der Waals surface area contributed by atoms with Crippen LogP contribution in [-0.2, 0) is 0 Å². The molecule has 1 amide bonds. The van der Waals surface area contributed by atoms with Crippen molar-refractivity contribution in [3.63, 3.8) is 0 Å². The van der Waals surface area contributed by atoms with Crippen LogP contribution < -0.4 is 16.2 Å². The van der Waals surface area contributed by atoms with Gasteiger partial charge in [0.15, 0.2) is 5.75 Å². The molecular formula is C16H13N3O2. The standard InChI is InChI=1S/C16H13N3O2/c17-12-6-2-4-8-14(12)21-16-11(15(18)20)9-10-5-1-3-7-13(10)19-16/h1-9H,17H2,(H2,18,20). The summed E-state index contributed by atoms with van der Waals surface area (Å²) < 4.78 is 5.67. The number of hydrogen-bond donors (Lipinski definition) is 2. The van der Waals surface area contributed by atoms with Gasteiger partial charge in [0.25, 0.3) is 5.91 Å². The summed E-state index contributed by atoms with van der Waals surface area (Å²) in [6, 6.07) is 16.1. The second kappa shape index (κ2) is 5.13. The van der Waals surface area contributed by atoms with Crippen molar-refractivity contribution in [2.24, 2.45) is 5.73 Å². The molecule has 0 atom stereocenters. The van der Waals surface area contributed by atoms with E-state index < -0.39 is 5.91 Å². The molecule has 3 aromatic rings. The smallest absolute Gasteiger partial charge is 0.254 e. The van der Waals surface area contributed by atoms with E-state index >= 15 is 0 Å². The zero-order valence-corrected chi connectivity index (χ0v) is 11.1. The van der Waals surface area contributed by atoms with E-state index in [0.717, 1.165) is 5.39 Å². The predicted molar refractivity (Wildman–Crippen MR) is 81.2 cm³/mol. The van der Waals surface area contributed by atoms with Gasteiger partial charge < -0.3 is 16.2 Å². The van der Waals surface area contributed by atoms with Gasteiger partial charge >= 0.3 is 0 Å². The molecule has 0 aliphatic carbocycles. The minimum atomic E-state index is -0.599. The molecule has 0 radical (unpaired) electrons. The van der Waals surface area contributed by atoms with Crippen molar-refractivity contribution in [1.82, 2.24) is 4.98 Å². The highest BCUT2D eigenvalue weighted by Crippen LogP contribution is 2.29. The summed E-state index contributed by atoms with van der Waals surface area (Å²) in [4.78, 5) is 16.0. The minimum Gasteiger partial charge on any atom is -0.436 e. The maximum atomic E-state index is 11.6. The molecule has 0 aliphatic heterocycles. The number of fused-ring (bicyclic) bond motifs is 1. The summed E-state index contributed by atoms with van der Waals surface area (Å²) in [5.74, 6) is -0.0142. The number of amides is 1. The minimum absolute atomic E-state index is 0.152. The Kier molecular flexibility index (Phi) is 3.16. The number of aromatic nitrogens is 1. The number of nitrogens with two attached hydrogens (primary N) is 2. The average molecular weight is 279 g/mol. The molecule has 0 saturated carbocycles.